The van der Waals surface area contributed by atoms with Crippen molar-refractivity contribution in [2.24, 2.45) is 4.99 Å². The molecule has 2 amide bonds. The molecule has 0 radical (unpaired) electrons. The van der Waals surface area contributed by atoms with E-state index in [0.717, 1.165) is 23.7 Å². The third-order valence-corrected chi connectivity index (χ3v) is 5.15. The van der Waals surface area contributed by atoms with Gasteiger partial charge in [-0.15, -0.1) is 0 Å². The first-order chi connectivity index (χ1) is 14.4. The Labute approximate surface area is 175 Å². The van der Waals surface area contributed by atoms with Crippen LogP contribution in [-0.4, -0.2) is 47.3 Å². The highest BCUT2D eigenvalue weighted by molar-refractivity contribution is 6.48. The Morgan fingerprint density at radius 1 is 1.03 bits per heavy atom. The highest BCUT2D eigenvalue weighted by Gasteiger charge is 2.41. The third-order valence-electron chi connectivity index (χ3n) is 5.15. The Hall–Kier alpha value is -3.79. The number of imide groups is 1. The first-order valence-electron chi connectivity index (χ1n) is 9.77. The van der Waals surface area contributed by atoms with Gasteiger partial charge in [-0.25, -0.2) is 4.99 Å². The van der Waals surface area contributed by atoms with Gasteiger partial charge in [0.05, 0.1) is 16.8 Å². The van der Waals surface area contributed by atoms with Gasteiger partial charge in [-0.2, -0.15) is 5.26 Å². The second-order valence-electron chi connectivity index (χ2n) is 6.83. The fourth-order valence-corrected chi connectivity index (χ4v) is 3.47. The summed E-state index contributed by atoms with van der Waals surface area (Å²) in [6.07, 6.45) is 0. The molecule has 1 atom stereocenters. The van der Waals surface area contributed by atoms with Crippen molar-refractivity contribution >= 4 is 34.7 Å². The van der Waals surface area contributed by atoms with Crippen LogP contribution < -0.4 is 4.90 Å². The lowest BCUT2D eigenvalue weighted by Gasteiger charge is -2.21. The van der Waals surface area contributed by atoms with E-state index >= 15 is 0 Å². The molecule has 1 aliphatic rings. The molecular formula is C23H22N4O3. The van der Waals surface area contributed by atoms with Crippen LogP contribution in [0.4, 0.5) is 11.4 Å². The number of carbonyl (C=O) groups is 3. The van der Waals surface area contributed by atoms with Crippen LogP contribution in [0.2, 0.25) is 0 Å². The zero-order valence-corrected chi connectivity index (χ0v) is 17.1. The molecule has 0 saturated heterocycles. The number of carbonyl (C=O) groups excluding carboxylic acids is 3. The standard InChI is InChI=1S/C23H22N4O3/c1-4-26(5-2)17-12-10-16(11-13-17)25-20(14-24)21(28)15(3)27-22(29)18-8-6-7-9-19(18)23(27)30/h6-13,15H,4-5H2,1-3H3. The summed E-state index contributed by atoms with van der Waals surface area (Å²) in [4.78, 5) is 45.3. The highest BCUT2D eigenvalue weighted by atomic mass is 16.2. The number of rotatable bonds is 7. The molecule has 1 unspecified atom stereocenters. The van der Waals surface area contributed by atoms with Crippen LogP contribution >= 0.6 is 0 Å². The number of nitrogens with zero attached hydrogens (tertiary/aromatic N) is 4. The second-order valence-corrected chi connectivity index (χ2v) is 6.83. The summed E-state index contributed by atoms with van der Waals surface area (Å²) in [6.45, 7) is 7.27. The Kier molecular flexibility index (Phi) is 6.07. The van der Waals surface area contributed by atoms with Gasteiger partial charge in [0, 0.05) is 18.8 Å². The Morgan fingerprint density at radius 3 is 2.03 bits per heavy atom. The number of fused-ring (bicyclic) bond motifs is 1. The smallest absolute Gasteiger partial charge is 0.262 e. The molecule has 0 N–H and O–H groups in total. The van der Waals surface area contributed by atoms with Crippen molar-refractivity contribution in [3.05, 3.63) is 59.7 Å². The molecule has 0 aliphatic carbocycles. The van der Waals surface area contributed by atoms with Crippen molar-refractivity contribution in [3.63, 3.8) is 0 Å². The van der Waals surface area contributed by atoms with E-state index in [1.165, 1.54) is 6.92 Å². The van der Waals surface area contributed by atoms with E-state index in [2.05, 4.69) is 23.7 Å². The number of amides is 2. The second kappa shape index (κ2) is 8.70. The molecule has 1 aliphatic heterocycles. The van der Waals surface area contributed by atoms with Gasteiger partial charge in [0.25, 0.3) is 11.8 Å². The van der Waals surface area contributed by atoms with E-state index in [1.807, 2.05) is 12.1 Å². The van der Waals surface area contributed by atoms with Crippen LogP contribution in [0.15, 0.2) is 53.5 Å². The number of benzene rings is 2. The summed E-state index contributed by atoms with van der Waals surface area (Å²) >= 11 is 0. The minimum Gasteiger partial charge on any atom is -0.372 e. The minimum atomic E-state index is -1.13. The summed E-state index contributed by atoms with van der Waals surface area (Å²) in [5.41, 5.74) is 1.62. The fourth-order valence-electron chi connectivity index (χ4n) is 3.47. The van der Waals surface area contributed by atoms with E-state index in [4.69, 9.17) is 0 Å². The monoisotopic (exact) mass is 402 g/mol. The van der Waals surface area contributed by atoms with Crippen LogP contribution in [0.5, 0.6) is 0 Å². The number of anilines is 1. The van der Waals surface area contributed by atoms with Crippen molar-refractivity contribution in [2.45, 2.75) is 26.8 Å². The van der Waals surface area contributed by atoms with E-state index in [1.54, 1.807) is 42.5 Å². The molecule has 2 aromatic rings. The van der Waals surface area contributed by atoms with Crippen LogP contribution in [0, 0.1) is 11.3 Å². The molecule has 2 aromatic carbocycles. The number of aliphatic imine (C=N–C) groups is 1. The van der Waals surface area contributed by atoms with Crippen molar-refractivity contribution in [1.29, 1.82) is 5.26 Å². The fraction of sp³-hybridized carbons (Fsp3) is 0.261. The van der Waals surface area contributed by atoms with Crippen LogP contribution in [0.1, 0.15) is 41.5 Å². The topological polar surface area (TPSA) is 93.8 Å². The van der Waals surface area contributed by atoms with Crippen molar-refractivity contribution in [2.75, 3.05) is 18.0 Å². The van der Waals surface area contributed by atoms with Gasteiger partial charge in [0.2, 0.25) is 5.78 Å². The first-order valence-corrected chi connectivity index (χ1v) is 9.77. The molecule has 3 rings (SSSR count). The predicted octanol–water partition coefficient (Wildman–Crippen LogP) is 3.38. The van der Waals surface area contributed by atoms with Crippen molar-refractivity contribution in [3.8, 4) is 6.07 Å². The van der Waals surface area contributed by atoms with E-state index in [0.29, 0.717) is 5.69 Å². The maximum absolute atomic E-state index is 12.9. The average Bonchev–Trinajstić information content (AvgIpc) is 3.03. The first kappa shape index (κ1) is 20.9. The highest BCUT2D eigenvalue weighted by Crippen LogP contribution is 2.25. The van der Waals surface area contributed by atoms with Crippen LogP contribution in [0.25, 0.3) is 0 Å². The SMILES string of the molecule is CCN(CC)c1ccc(N=C(C#N)C(=O)C(C)N2C(=O)c3ccccc3C2=O)cc1. The zero-order valence-electron chi connectivity index (χ0n) is 17.1. The van der Waals surface area contributed by atoms with Gasteiger partial charge in [-0.3, -0.25) is 19.3 Å². The Morgan fingerprint density at radius 2 is 1.57 bits per heavy atom. The molecule has 0 bridgehead atoms. The Balaban J connectivity index is 1.84. The van der Waals surface area contributed by atoms with Crippen LogP contribution in [-0.2, 0) is 4.79 Å². The van der Waals surface area contributed by atoms with E-state index < -0.39 is 23.6 Å². The van der Waals surface area contributed by atoms with Crippen LogP contribution in [0.3, 0.4) is 0 Å². The quantitative estimate of drug-likeness (QED) is 0.523. The number of ketones is 1. The number of hydrogen-bond donors (Lipinski definition) is 0. The Bertz CT molecular complexity index is 1030. The largest absolute Gasteiger partial charge is 0.372 e. The lowest BCUT2D eigenvalue weighted by Crippen LogP contribution is -2.45. The summed E-state index contributed by atoms with van der Waals surface area (Å²) in [6, 6.07) is 14.3. The number of nitriles is 1. The molecular weight excluding hydrogens is 380 g/mol. The molecule has 7 heteroatoms. The van der Waals surface area contributed by atoms with E-state index in [9.17, 15) is 19.6 Å². The maximum Gasteiger partial charge on any atom is 0.262 e. The third kappa shape index (κ3) is 3.72. The molecule has 0 saturated carbocycles. The molecule has 0 aromatic heterocycles. The lowest BCUT2D eigenvalue weighted by molar-refractivity contribution is -0.116. The normalized spacial score (nSPS) is 14.3. The summed E-state index contributed by atoms with van der Waals surface area (Å²) in [7, 11) is 0. The minimum absolute atomic E-state index is 0.254. The van der Waals surface area contributed by atoms with Gasteiger partial charge in [0.15, 0.2) is 5.71 Å². The summed E-state index contributed by atoms with van der Waals surface area (Å²) < 4.78 is 0. The molecule has 7 nitrogen and oxygen atoms in total. The van der Waals surface area contributed by atoms with Gasteiger partial charge >= 0.3 is 0 Å². The molecule has 30 heavy (non-hydrogen) atoms. The molecule has 0 fully saturated rings. The lowest BCUT2D eigenvalue weighted by atomic mass is 10.1. The van der Waals surface area contributed by atoms with Gasteiger partial charge in [-0.1, -0.05) is 12.1 Å². The maximum atomic E-state index is 12.9. The van der Waals surface area contributed by atoms with Gasteiger partial charge in [-0.05, 0) is 57.2 Å². The van der Waals surface area contributed by atoms with Crippen molar-refractivity contribution in [1.82, 2.24) is 4.90 Å². The zero-order chi connectivity index (χ0) is 21.8. The number of hydrogen-bond acceptors (Lipinski definition) is 6. The van der Waals surface area contributed by atoms with E-state index in [-0.39, 0.29) is 16.8 Å². The summed E-state index contributed by atoms with van der Waals surface area (Å²) in [5.74, 6) is -1.77. The predicted molar refractivity (Wildman–Crippen MR) is 114 cm³/mol. The summed E-state index contributed by atoms with van der Waals surface area (Å²) in [5, 5.41) is 9.48. The average molecular weight is 402 g/mol. The molecule has 0 spiro atoms. The van der Waals surface area contributed by atoms with Crippen molar-refractivity contribution < 1.29 is 14.4 Å². The van der Waals surface area contributed by atoms with Gasteiger partial charge < -0.3 is 4.90 Å². The molecule has 1 heterocycles. The number of Topliss-reactive ketones (excluding diaryl/α,β-unsaturated/α-hetero) is 1. The van der Waals surface area contributed by atoms with Gasteiger partial charge in [0.1, 0.15) is 12.1 Å². The molecule has 152 valence electrons.